The van der Waals surface area contributed by atoms with Gasteiger partial charge in [0.2, 0.25) is 0 Å². The minimum absolute atomic E-state index is 0.0333. The van der Waals surface area contributed by atoms with E-state index < -0.39 is 0 Å². The predicted octanol–water partition coefficient (Wildman–Crippen LogP) is 2.49. The van der Waals surface area contributed by atoms with Gasteiger partial charge in [0.1, 0.15) is 0 Å². The van der Waals surface area contributed by atoms with Gasteiger partial charge in [-0.15, -0.1) is 0 Å². The maximum atomic E-state index is 12.5. The van der Waals surface area contributed by atoms with Crippen molar-refractivity contribution in [3.63, 3.8) is 0 Å². The molecule has 2 aliphatic rings. The maximum absolute atomic E-state index is 12.5. The lowest BCUT2D eigenvalue weighted by Gasteiger charge is -2.24. The van der Waals surface area contributed by atoms with Crippen molar-refractivity contribution in [2.75, 3.05) is 26.2 Å². The van der Waals surface area contributed by atoms with Gasteiger partial charge in [0, 0.05) is 37.8 Å². The number of amides is 3. The summed E-state index contributed by atoms with van der Waals surface area (Å²) < 4.78 is 0. The SMILES string of the molecule is O=C(NC1CCCC1)N1CCCN(C(=O)c2ccccc2)CC1. The fraction of sp³-hybridized carbons (Fsp3) is 0.556. The van der Waals surface area contributed by atoms with Crippen LogP contribution in [-0.2, 0) is 0 Å². The molecular formula is C18H25N3O2. The highest BCUT2D eigenvalue weighted by Gasteiger charge is 2.25. The number of carbonyl (C=O) groups is 2. The van der Waals surface area contributed by atoms with Gasteiger partial charge >= 0.3 is 6.03 Å². The molecule has 1 aromatic rings. The normalized spacial score (nSPS) is 19.5. The molecule has 3 amide bonds. The summed E-state index contributed by atoms with van der Waals surface area (Å²) in [7, 11) is 0. The molecule has 0 spiro atoms. The number of carbonyl (C=O) groups excluding carboxylic acids is 2. The number of nitrogens with one attached hydrogen (secondary N) is 1. The van der Waals surface area contributed by atoms with Crippen molar-refractivity contribution < 1.29 is 9.59 Å². The van der Waals surface area contributed by atoms with Crippen LogP contribution in [0.25, 0.3) is 0 Å². The van der Waals surface area contributed by atoms with Crippen molar-refractivity contribution in [2.24, 2.45) is 0 Å². The molecule has 0 atom stereocenters. The molecular weight excluding hydrogens is 290 g/mol. The monoisotopic (exact) mass is 315 g/mol. The van der Waals surface area contributed by atoms with E-state index in [1.54, 1.807) is 0 Å². The van der Waals surface area contributed by atoms with Gasteiger partial charge in [-0.25, -0.2) is 4.79 Å². The Kier molecular flexibility index (Phi) is 5.16. The zero-order chi connectivity index (χ0) is 16.1. The van der Waals surface area contributed by atoms with Crippen LogP contribution in [0.15, 0.2) is 30.3 Å². The second-order valence-electron chi connectivity index (χ2n) is 6.43. The molecule has 124 valence electrons. The number of urea groups is 1. The Morgan fingerprint density at radius 1 is 0.870 bits per heavy atom. The molecule has 1 aliphatic heterocycles. The quantitative estimate of drug-likeness (QED) is 0.911. The largest absolute Gasteiger partial charge is 0.337 e. The predicted molar refractivity (Wildman–Crippen MR) is 89.3 cm³/mol. The molecule has 1 heterocycles. The molecule has 1 aliphatic carbocycles. The van der Waals surface area contributed by atoms with E-state index in [1.165, 1.54) is 12.8 Å². The van der Waals surface area contributed by atoms with Crippen LogP contribution in [0, 0.1) is 0 Å². The first-order valence-corrected chi connectivity index (χ1v) is 8.64. The number of hydrogen-bond donors (Lipinski definition) is 1. The van der Waals surface area contributed by atoms with Gasteiger partial charge in [0.05, 0.1) is 0 Å². The minimum atomic E-state index is 0.0333. The Bertz CT molecular complexity index is 540. The molecule has 1 saturated heterocycles. The van der Waals surface area contributed by atoms with Crippen molar-refractivity contribution >= 4 is 11.9 Å². The lowest BCUT2D eigenvalue weighted by molar-refractivity contribution is 0.0762. The molecule has 0 aromatic heterocycles. The van der Waals surface area contributed by atoms with Crippen LogP contribution >= 0.6 is 0 Å². The molecule has 5 nitrogen and oxygen atoms in total. The van der Waals surface area contributed by atoms with Crippen LogP contribution in [0.3, 0.4) is 0 Å². The summed E-state index contributed by atoms with van der Waals surface area (Å²) in [6, 6.07) is 9.74. The Morgan fingerprint density at radius 2 is 1.52 bits per heavy atom. The number of nitrogens with zero attached hydrogens (tertiary/aromatic N) is 2. The van der Waals surface area contributed by atoms with Gasteiger partial charge < -0.3 is 15.1 Å². The van der Waals surface area contributed by atoms with Crippen LogP contribution in [0.2, 0.25) is 0 Å². The first-order chi connectivity index (χ1) is 11.2. The van der Waals surface area contributed by atoms with E-state index in [0.29, 0.717) is 25.7 Å². The van der Waals surface area contributed by atoms with Crippen molar-refractivity contribution in [3.8, 4) is 0 Å². The first-order valence-electron chi connectivity index (χ1n) is 8.64. The van der Waals surface area contributed by atoms with Crippen LogP contribution in [0.1, 0.15) is 42.5 Å². The summed E-state index contributed by atoms with van der Waals surface area (Å²) in [5, 5.41) is 3.14. The lowest BCUT2D eigenvalue weighted by Crippen LogP contribution is -2.45. The average molecular weight is 315 g/mol. The Morgan fingerprint density at radius 3 is 2.26 bits per heavy atom. The zero-order valence-corrected chi connectivity index (χ0v) is 13.5. The van der Waals surface area contributed by atoms with Gasteiger partial charge in [0.15, 0.2) is 0 Å². The van der Waals surface area contributed by atoms with Gasteiger partial charge in [-0.2, -0.15) is 0 Å². The second-order valence-corrected chi connectivity index (χ2v) is 6.43. The molecule has 2 fully saturated rings. The number of rotatable bonds is 2. The van der Waals surface area contributed by atoms with E-state index in [4.69, 9.17) is 0 Å². The topological polar surface area (TPSA) is 52.7 Å². The standard InChI is InChI=1S/C18H25N3O2/c22-17(15-7-2-1-3-8-15)20-11-6-12-21(14-13-20)18(23)19-16-9-4-5-10-16/h1-3,7-8,16H,4-6,9-14H2,(H,19,23). The van der Waals surface area contributed by atoms with Crippen molar-refractivity contribution in [3.05, 3.63) is 35.9 Å². The average Bonchev–Trinajstić information content (AvgIpc) is 2.96. The van der Waals surface area contributed by atoms with E-state index >= 15 is 0 Å². The molecule has 1 N–H and O–H groups in total. The number of hydrogen-bond acceptors (Lipinski definition) is 2. The number of benzene rings is 1. The summed E-state index contributed by atoms with van der Waals surface area (Å²) in [5.74, 6) is 0.0589. The molecule has 0 unspecified atom stereocenters. The van der Waals surface area contributed by atoms with E-state index in [-0.39, 0.29) is 11.9 Å². The summed E-state index contributed by atoms with van der Waals surface area (Å²) in [6.45, 7) is 2.64. The molecule has 0 bridgehead atoms. The van der Waals surface area contributed by atoms with E-state index in [9.17, 15) is 9.59 Å². The van der Waals surface area contributed by atoms with Crippen molar-refractivity contribution in [1.29, 1.82) is 0 Å². The van der Waals surface area contributed by atoms with Crippen LogP contribution in [-0.4, -0.2) is 54.0 Å². The summed E-state index contributed by atoms with van der Waals surface area (Å²) >= 11 is 0. The highest BCUT2D eigenvalue weighted by molar-refractivity contribution is 5.94. The van der Waals surface area contributed by atoms with Crippen LogP contribution in [0.4, 0.5) is 4.79 Å². The highest BCUT2D eigenvalue weighted by atomic mass is 16.2. The summed E-state index contributed by atoms with van der Waals surface area (Å²) in [4.78, 5) is 28.6. The molecule has 3 rings (SSSR count). The lowest BCUT2D eigenvalue weighted by atomic mass is 10.2. The molecule has 1 saturated carbocycles. The summed E-state index contributed by atoms with van der Waals surface area (Å²) in [6.07, 6.45) is 5.45. The van der Waals surface area contributed by atoms with Gasteiger partial charge in [-0.05, 0) is 31.4 Å². The third-order valence-electron chi connectivity index (χ3n) is 4.77. The molecule has 1 aromatic carbocycles. The smallest absolute Gasteiger partial charge is 0.317 e. The summed E-state index contributed by atoms with van der Waals surface area (Å²) in [5.41, 5.74) is 0.719. The highest BCUT2D eigenvalue weighted by Crippen LogP contribution is 2.18. The van der Waals surface area contributed by atoms with Gasteiger partial charge in [-0.3, -0.25) is 4.79 Å². The van der Waals surface area contributed by atoms with Crippen molar-refractivity contribution in [2.45, 2.75) is 38.1 Å². The Hall–Kier alpha value is -2.04. The Balaban J connectivity index is 1.54. The maximum Gasteiger partial charge on any atom is 0.317 e. The van der Waals surface area contributed by atoms with Gasteiger partial charge in [0.25, 0.3) is 5.91 Å². The van der Waals surface area contributed by atoms with Crippen molar-refractivity contribution in [1.82, 2.24) is 15.1 Å². The zero-order valence-electron chi connectivity index (χ0n) is 13.5. The molecule has 5 heteroatoms. The first kappa shape index (κ1) is 15.8. The molecule has 0 radical (unpaired) electrons. The van der Waals surface area contributed by atoms with Gasteiger partial charge in [-0.1, -0.05) is 31.0 Å². The van der Waals surface area contributed by atoms with E-state index in [0.717, 1.165) is 31.4 Å². The third kappa shape index (κ3) is 4.03. The van der Waals surface area contributed by atoms with E-state index in [1.807, 2.05) is 40.1 Å². The molecule has 23 heavy (non-hydrogen) atoms. The second kappa shape index (κ2) is 7.49. The fourth-order valence-corrected chi connectivity index (χ4v) is 3.42. The Labute approximate surface area is 137 Å². The minimum Gasteiger partial charge on any atom is -0.337 e. The van der Waals surface area contributed by atoms with E-state index in [2.05, 4.69) is 5.32 Å². The van der Waals surface area contributed by atoms with Crippen LogP contribution in [0.5, 0.6) is 0 Å². The van der Waals surface area contributed by atoms with Crippen LogP contribution < -0.4 is 5.32 Å². The third-order valence-corrected chi connectivity index (χ3v) is 4.77. The fourth-order valence-electron chi connectivity index (χ4n) is 3.42.